The van der Waals surface area contributed by atoms with E-state index in [9.17, 15) is 9.90 Å². The number of hydrogen-bond acceptors (Lipinski definition) is 12. The molecule has 3 aliphatic heterocycles. The van der Waals surface area contributed by atoms with Gasteiger partial charge in [0.2, 0.25) is 5.95 Å². The fraction of sp³-hybridized carbons (Fsp3) is 0.548. The number of amides is 1. The SMILES string of the molecule is CC(C)N1CCN(c2nc(NC3COC3)cc(C(=O)NCC(O)CN3CCc4c(ccc(OCc5cnco5)c4Cl)C3)n2)CC1. The van der Waals surface area contributed by atoms with Gasteiger partial charge < -0.3 is 34.5 Å². The minimum Gasteiger partial charge on any atom is -0.484 e. The van der Waals surface area contributed by atoms with Gasteiger partial charge in [-0.3, -0.25) is 14.6 Å². The van der Waals surface area contributed by atoms with Crippen molar-refractivity contribution in [3.8, 4) is 5.75 Å². The molecule has 1 amide bonds. The Bertz CT molecular complexity index is 1450. The number of aliphatic hydroxyl groups is 1. The van der Waals surface area contributed by atoms with Gasteiger partial charge in [-0.15, -0.1) is 0 Å². The van der Waals surface area contributed by atoms with Gasteiger partial charge in [0.25, 0.3) is 5.91 Å². The van der Waals surface area contributed by atoms with E-state index < -0.39 is 6.10 Å². The van der Waals surface area contributed by atoms with Gasteiger partial charge in [0.05, 0.1) is 36.6 Å². The second-order valence-electron chi connectivity index (χ2n) is 12.1. The number of hydrogen-bond donors (Lipinski definition) is 3. The smallest absolute Gasteiger partial charge is 0.270 e. The molecule has 0 spiro atoms. The molecular formula is C31H41ClN8O5. The van der Waals surface area contributed by atoms with Crippen molar-refractivity contribution in [1.29, 1.82) is 0 Å². The second kappa shape index (κ2) is 14.3. The van der Waals surface area contributed by atoms with Gasteiger partial charge in [-0.2, -0.15) is 4.98 Å². The van der Waals surface area contributed by atoms with Crippen molar-refractivity contribution < 1.29 is 23.8 Å². The van der Waals surface area contributed by atoms with Crippen LogP contribution in [-0.4, -0.2) is 113 Å². The highest BCUT2D eigenvalue weighted by atomic mass is 35.5. The summed E-state index contributed by atoms with van der Waals surface area (Å²) in [6.45, 7) is 11.1. The van der Waals surface area contributed by atoms with Crippen LogP contribution >= 0.6 is 11.6 Å². The summed E-state index contributed by atoms with van der Waals surface area (Å²) >= 11 is 6.68. The van der Waals surface area contributed by atoms with Gasteiger partial charge in [0.1, 0.15) is 23.9 Å². The molecule has 3 aliphatic rings. The fourth-order valence-electron chi connectivity index (χ4n) is 5.77. The lowest BCUT2D eigenvalue weighted by molar-refractivity contribution is 0.0209. The Labute approximate surface area is 267 Å². The lowest BCUT2D eigenvalue weighted by Gasteiger charge is -2.37. The number of aliphatic hydroxyl groups excluding tert-OH is 1. The second-order valence-corrected chi connectivity index (χ2v) is 12.4. The summed E-state index contributed by atoms with van der Waals surface area (Å²) < 4.78 is 16.4. The van der Waals surface area contributed by atoms with Crippen LogP contribution in [0.2, 0.25) is 5.02 Å². The van der Waals surface area contributed by atoms with Crippen LogP contribution in [0.3, 0.4) is 0 Å². The van der Waals surface area contributed by atoms with Crippen molar-refractivity contribution in [3.05, 3.63) is 58.4 Å². The highest BCUT2D eigenvalue weighted by Gasteiger charge is 2.26. The zero-order valence-corrected chi connectivity index (χ0v) is 26.5. The Kier molecular flexibility index (Phi) is 10.0. The first kappa shape index (κ1) is 31.5. The molecule has 5 heterocycles. The standard InChI is InChI=1S/C31H41ClN8O5/c1-20(2)39-7-9-40(10-8-39)31-36-26(11-28(37-31)35-22-16-43-17-22)30(42)34-12-23(41)15-38-6-5-25-21(14-38)3-4-27(29(25)32)44-18-24-13-33-19-45-24/h3-4,11,13,19-20,22-23,41H,5-10,12,14-18H2,1-2H3,(H,34,42)(H,35,36,37). The fourth-order valence-corrected chi connectivity index (χ4v) is 6.11. The molecule has 0 aliphatic carbocycles. The van der Waals surface area contributed by atoms with Crippen LogP contribution in [0.1, 0.15) is 41.2 Å². The van der Waals surface area contributed by atoms with E-state index in [0.717, 1.165) is 50.3 Å². The molecule has 0 saturated carbocycles. The number of nitrogens with zero attached hydrogens (tertiary/aromatic N) is 6. The first-order valence-corrected chi connectivity index (χ1v) is 15.9. The van der Waals surface area contributed by atoms with Gasteiger partial charge in [0.15, 0.2) is 12.2 Å². The molecular weight excluding hydrogens is 600 g/mol. The number of ether oxygens (including phenoxy) is 2. The molecule has 1 aromatic carbocycles. The summed E-state index contributed by atoms with van der Waals surface area (Å²) in [6.07, 6.45) is 2.94. The third-order valence-corrected chi connectivity index (χ3v) is 8.88. The number of piperazine rings is 1. The van der Waals surface area contributed by atoms with Crippen LogP contribution in [-0.2, 0) is 24.3 Å². The predicted octanol–water partition coefficient (Wildman–Crippen LogP) is 2.19. The molecule has 1 unspecified atom stereocenters. The Morgan fingerprint density at radius 3 is 2.71 bits per heavy atom. The third-order valence-electron chi connectivity index (χ3n) is 8.46. The van der Waals surface area contributed by atoms with E-state index in [1.165, 1.54) is 6.39 Å². The van der Waals surface area contributed by atoms with Crippen molar-refractivity contribution in [1.82, 2.24) is 30.1 Å². The summed E-state index contributed by atoms with van der Waals surface area (Å²) in [6, 6.07) is 6.18. The molecule has 13 nitrogen and oxygen atoms in total. The number of benzene rings is 1. The maximum Gasteiger partial charge on any atom is 0.270 e. The van der Waals surface area contributed by atoms with Crippen LogP contribution in [0, 0.1) is 0 Å². The number of nitrogens with one attached hydrogen (secondary N) is 2. The molecule has 45 heavy (non-hydrogen) atoms. The number of aromatic nitrogens is 3. The molecule has 2 saturated heterocycles. The van der Waals surface area contributed by atoms with Gasteiger partial charge in [0, 0.05) is 64.5 Å². The molecule has 3 aromatic rings. The number of fused-ring (bicyclic) bond motifs is 1. The average Bonchev–Trinajstić information content (AvgIpc) is 3.55. The molecule has 14 heteroatoms. The minimum absolute atomic E-state index is 0.100. The number of oxazole rings is 1. The summed E-state index contributed by atoms with van der Waals surface area (Å²) in [7, 11) is 0. The quantitative estimate of drug-likeness (QED) is 0.267. The van der Waals surface area contributed by atoms with E-state index in [4.69, 9.17) is 30.5 Å². The Balaban J connectivity index is 1.03. The van der Waals surface area contributed by atoms with E-state index in [2.05, 4.69) is 49.1 Å². The molecule has 0 bridgehead atoms. The highest BCUT2D eigenvalue weighted by Crippen LogP contribution is 2.34. The van der Waals surface area contributed by atoms with Crippen LogP contribution in [0.15, 0.2) is 35.2 Å². The Morgan fingerprint density at radius 2 is 2.00 bits per heavy atom. The van der Waals surface area contributed by atoms with Crippen molar-refractivity contribution in [2.75, 3.05) is 69.2 Å². The van der Waals surface area contributed by atoms with E-state index in [1.807, 2.05) is 12.1 Å². The number of carbonyl (C=O) groups is 1. The number of halogens is 1. The first-order chi connectivity index (χ1) is 21.8. The maximum absolute atomic E-state index is 13.3. The van der Waals surface area contributed by atoms with Gasteiger partial charge in [-0.05, 0) is 37.5 Å². The van der Waals surface area contributed by atoms with Gasteiger partial charge in [-0.25, -0.2) is 9.97 Å². The third kappa shape index (κ3) is 7.85. The molecule has 3 N–H and O–H groups in total. The lowest BCUT2D eigenvalue weighted by atomic mass is 9.99. The highest BCUT2D eigenvalue weighted by molar-refractivity contribution is 6.33. The van der Waals surface area contributed by atoms with Gasteiger partial charge in [-0.1, -0.05) is 17.7 Å². The topological polar surface area (TPSA) is 141 Å². The van der Waals surface area contributed by atoms with Crippen molar-refractivity contribution in [2.24, 2.45) is 0 Å². The number of rotatable bonds is 12. The van der Waals surface area contributed by atoms with Crippen LogP contribution in [0.5, 0.6) is 5.75 Å². The minimum atomic E-state index is -0.759. The Morgan fingerprint density at radius 1 is 1.18 bits per heavy atom. The van der Waals surface area contributed by atoms with Crippen LogP contribution in [0.4, 0.5) is 11.8 Å². The summed E-state index contributed by atoms with van der Waals surface area (Å²) in [5.74, 6) is 2.01. The summed E-state index contributed by atoms with van der Waals surface area (Å²) in [5.41, 5.74) is 2.41. The van der Waals surface area contributed by atoms with E-state index in [-0.39, 0.29) is 30.8 Å². The monoisotopic (exact) mass is 640 g/mol. The zero-order valence-electron chi connectivity index (χ0n) is 25.7. The molecule has 2 aromatic heterocycles. The molecule has 6 rings (SSSR count). The maximum atomic E-state index is 13.3. The van der Waals surface area contributed by atoms with Gasteiger partial charge >= 0.3 is 0 Å². The molecule has 242 valence electrons. The van der Waals surface area contributed by atoms with Crippen molar-refractivity contribution in [3.63, 3.8) is 0 Å². The summed E-state index contributed by atoms with van der Waals surface area (Å²) in [5, 5.41) is 17.7. The van der Waals surface area contributed by atoms with E-state index in [0.29, 0.717) is 60.6 Å². The Hall–Kier alpha value is -3.49. The molecule has 0 radical (unpaired) electrons. The average molecular weight is 641 g/mol. The summed E-state index contributed by atoms with van der Waals surface area (Å²) in [4.78, 5) is 33.2. The van der Waals surface area contributed by atoms with E-state index >= 15 is 0 Å². The van der Waals surface area contributed by atoms with Crippen molar-refractivity contribution in [2.45, 2.75) is 51.6 Å². The normalized spacial score (nSPS) is 18.4. The predicted molar refractivity (Wildman–Crippen MR) is 169 cm³/mol. The number of β-amino-alcohol motifs (C(OH)–C–C–N with tert-alkyl or cyclic N) is 1. The molecule has 1 atom stereocenters. The first-order valence-electron chi connectivity index (χ1n) is 15.5. The zero-order chi connectivity index (χ0) is 31.3. The van der Waals surface area contributed by atoms with Crippen molar-refractivity contribution >= 4 is 29.3 Å². The number of carbonyl (C=O) groups excluding carboxylic acids is 1. The van der Waals surface area contributed by atoms with E-state index in [1.54, 1.807) is 12.3 Å². The van der Waals surface area contributed by atoms with Crippen LogP contribution in [0.25, 0.3) is 0 Å². The van der Waals surface area contributed by atoms with Crippen LogP contribution < -0.4 is 20.3 Å². The lowest BCUT2D eigenvalue weighted by Crippen LogP contribution is -2.49. The number of anilines is 2. The molecule has 2 fully saturated rings. The largest absolute Gasteiger partial charge is 0.484 e.